The monoisotopic (exact) mass is 354 g/mol. The lowest BCUT2D eigenvalue weighted by Gasteiger charge is -2.23. The maximum atomic E-state index is 5.86. The van der Waals surface area contributed by atoms with Crippen LogP contribution >= 0.6 is 24.8 Å². The van der Waals surface area contributed by atoms with E-state index in [1.165, 1.54) is 5.56 Å². The minimum atomic E-state index is 0. The second-order valence-electron chi connectivity index (χ2n) is 5.09. The third-order valence-corrected chi connectivity index (χ3v) is 3.48. The van der Waals surface area contributed by atoms with Gasteiger partial charge in [-0.25, -0.2) is 0 Å². The zero-order chi connectivity index (χ0) is 14.8. The summed E-state index contributed by atoms with van der Waals surface area (Å²) < 4.78 is 5.66. The molecule has 3 rings (SSSR count). The first-order valence-corrected chi connectivity index (χ1v) is 6.79. The van der Waals surface area contributed by atoms with Gasteiger partial charge in [-0.1, -0.05) is 6.07 Å². The Morgan fingerprint density at radius 2 is 1.87 bits per heavy atom. The Balaban J connectivity index is 0.00000132. The molecule has 0 aliphatic carbocycles. The molecule has 3 N–H and O–H groups in total. The Kier molecular flexibility index (Phi) is 6.54. The number of ether oxygens (including phenoxy) is 1. The topological polar surface area (TPSA) is 63.4 Å². The van der Waals surface area contributed by atoms with E-state index in [1.807, 2.05) is 25.1 Å². The molecule has 124 valence electrons. The summed E-state index contributed by atoms with van der Waals surface area (Å²) in [7, 11) is 2.05. The Morgan fingerprint density at radius 1 is 1.17 bits per heavy atom. The number of anilines is 2. The molecule has 23 heavy (non-hydrogen) atoms. The van der Waals surface area contributed by atoms with Gasteiger partial charge in [0.05, 0.1) is 5.69 Å². The van der Waals surface area contributed by atoms with Crippen molar-refractivity contribution in [2.45, 2.75) is 13.5 Å². The molecule has 0 saturated carbocycles. The van der Waals surface area contributed by atoms with Gasteiger partial charge in [-0.15, -0.1) is 24.8 Å². The lowest BCUT2D eigenvalue weighted by atomic mass is 10.1. The summed E-state index contributed by atoms with van der Waals surface area (Å²) >= 11 is 0. The van der Waals surface area contributed by atoms with Crippen LogP contribution in [0.25, 0.3) is 0 Å². The van der Waals surface area contributed by atoms with Gasteiger partial charge in [0.1, 0.15) is 11.6 Å². The number of pyridine rings is 1. The van der Waals surface area contributed by atoms with Crippen molar-refractivity contribution >= 4 is 36.2 Å². The molecule has 1 aromatic carbocycles. The largest absolute Gasteiger partial charge is 0.456 e. The van der Waals surface area contributed by atoms with Crippen molar-refractivity contribution in [1.82, 2.24) is 4.98 Å². The summed E-state index contributed by atoms with van der Waals surface area (Å²) in [4.78, 5) is 6.20. The number of halogens is 2. The van der Waals surface area contributed by atoms with Crippen LogP contribution in [0, 0.1) is 0 Å². The molecule has 7 heteroatoms. The lowest BCUT2D eigenvalue weighted by Crippen LogP contribution is -2.20. The van der Waals surface area contributed by atoms with Crippen molar-refractivity contribution in [2.24, 2.45) is 5.73 Å². The number of fused-ring (bicyclic) bond motifs is 1. The van der Waals surface area contributed by atoms with Crippen LogP contribution in [0.5, 0.6) is 5.75 Å². The van der Waals surface area contributed by atoms with Crippen molar-refractivity contribution in [3.05, 3.63) is 59.9 Å². The number of nitrogens with zero attached hydrogens (tertiary/aromatic N) is 2. The Hall–Kier alpha value is -2.11. The molecule has 0 bridgehead atoms. The number of allylic oxidation sites excluding steroid dienone is 1. The highest BCUT2D eigenvalue weighted by Gasteiger charge is 2.15. The van der Waals surface area contributed by atoms with E-state index in [0.717, 1.165) is 23.7 Å². The average molecular weight is 355 g/mol. The molecule has 0 atom stereocenters. The maximum absolute atomic E-state index is 5.86. The summed E-state index contributed by atoms with van der Waals surface area (Å²) in [6, 6.07) is 10.1. The second-order valence-corrected chi connectivity index (χ2v) is 5.09. The van der Waals surface area contributed by atoms with E-state index >= 15 is 0 Å². The number of rotatable bonds is 3. The molecule has 0 fully saturated rings. The van der Waals surface area contributed by atoms with Crippen LogP contribution in [0.3, 0.4) is 0 Å². The van der Waals surface area contributed by atoms with E-state index in [0.29, 0.717) is 11.6 Å². The minimum Gasteiger partial charge on any atom is -0.456 e. The number of nitrogens with one attached hydrogen (secondary N) is 1. The third kappa shape index (κ3) is 4.21. The van der Waals surface area contributed by atoms with Crippen molar-refractivity contribution in [1.29, 1.82) is 0 Å². The smallest absolute Gasteiger partial charge is 0.150 e. The van der Waals surface area contributed by atoms with Crippen LogP contribution in [0.1, 0.15) is 12.5 Å². The standard InChI is InChI=1S/C16H18N4O.2ClH/c1-11-16(17)19-14-9-12(3-4-15(14)21-11)10-20(2)13-5-7-18-8-6-13;;/h3-9,19H,10,17H2,1-2H3;2*1H. The first-order chi connectivity index (χ1) is 10.1. The van der Waals surface area contributed by atoms with Crippen molar-refractivity contribution in [3.63, 3.8) is 0 Å². The molecule has 0 spiro atoms. The number of hydrogen-bond donors (Lipinski definition) is 2. The zero-order valence-electron chi connectivity index (χ0n) is 12.9. The predicted octanol–water partition coefficient (Wildman–Crippen LogP) is 3.51. The zero-order valence-corrected chi connectivity index (χ0v) is 14.6. The summed E-state index contributed by atoms with van der Waals surface area (Å²) in [6.45, 7) is 2.64. The molecule has 0 amide bonds. The van der Waals surface area contributed by atoms with Gasteiger partial charge >= 0.3 is 0 Å². The lowest BCUT2D eigenvalue weighted by molar-refractivity contribution is 0.415. The van der Waals surface area contributed by atoms with Crippen LogP contribution in [-0.4, -0.2) is 12.0 Å². The van der Waals surface area contributed by atoms with E-state index in [9.17, 15) is 0 Å². The fourth-order valence-corrected chi connectivity index (χ4v) is 2.28. The molecular formula is C16H20Cl2N4O. The van der Waals surface area contributed by atoms with Crippen LogP contribution in [0.2, 0.25) is 0 Å². The maximum Gasteiger partial charge on any atom is 0.150 e. The molecule has 2 heterocycles. The molecule has 5 nitrogen and oxygen atoms in total. The first kappa shape index (κ1) is 18.9. The molecule has 0 unspecified atom stereocenters. The van der Waals surface area contributed by atoms with E-state index in [-0.39, 0.29) is 24.8 Å². The Morgan fingerprint density at radius 3 is 2.57 bits per heavy atom. The van der Waals surface area contributed by atoms with E-state index in [1.54, 1.807) is 12.4 Å². The van der Waals surface area contributed by atoms with Gasteiger partial charge in [-0.05, 0) is 36.8 Å². The number of aromatic nitrogens is 1. The Labute approximate surface area is 148 Å². The van der Waals surface area contributed by atoms with E-state index in [4.69, 9.17) is 10.5 Å². The molecule has 0 saturated heterocycles. The average Bonchev–Trinajstić information content (AvgIpc) is 2.49. The van der Waals surface area contributed by atoms with Gasteiger partial charge in [-0.2, -0.15) is 0 Å². The van der Waals surface area contributed by atoms with Crippen molar-refractivity contribution in [2.75, 3.05) is 17.3 Å². The number of benzene rings is 1. The van der Waals surface area contributed by atoms with E-state index in [2.05, 4.69) is 34.4 Å². The highest BCUT2D eigenvalue weighted by Crippen LogP contribution is 2.32. The molecule has 1 aliphatic heterocycles. The minimum absolute atomic E-state index is 0. The van der Waals surface area contributed by atoms with Gasteiger partial charge in [-0.3, -0.25) is 4.98 Å². The van der Waals surface area contributed by atoms with Crippen molar-refractivity contribution < 1.29 is 4.74 Å². The summed E-state index contributed by atoms with van der Waals surface area (Å²) in [5.41, 5.74) is 9.07. The van der Waals surface area contributed by atoms with Gasteiger partial charge in [0.15, 0.2) is 5.75 Å². The molecule has 1 aliphatic rings. The molecular weight excluding hydrogens is 335 g/mol. The first-order valence-electron chi connectivity index (χ1n) is 6.79. The van der Waals surface area contributed by atoms with Crippen LogP contribution in [0.15, 0.2) is 54.3 Å². The third-order valence-electron chi connectivity index (χ3n) is 3.48. The SMILES string of the molecule is CC1=C(N)Nc2cc(CN(C)c3ccncc3)ccc2O1.Cl.Cl. The number of nitrogens with two attached hydrogens (primary N) is 1. The fraction of sp³-hybridized carbons (Fsp3) is 0.188. The highest BCUT2D eigenvalue weighted by atomic mass is 35.5. The van der Waals surface area contributed by atoms with Gasteiger partial charge < -0.3 is 20.7 Å². The van der Waals surface area contributed by atoms with Crippen LogP contribution in [-0.2, 0) is 6.54 Å². The van der Waals surface area contributed by atoms with Gasteiger partial charge in [0.2, 0.25) is 0 Å². The summed E-state index contributed by atoms with van der Waals surface area (Å²) in [5.74, 6) is 2.06. The Bertz CT molecular complexity index is 692. The van der Waals surface area contributed by atoms with Crippen molar-refractivity contribution in [3.8, 4) is 5.75 Å². The molecule has 2 aromatic rings. The normalized spacial score (nSPS) is 12.1. The molecule has 0 radical (unpaired) electrons. The summed E-state index contributed by atoms with van der Waals surface area (Å²) in [6.07, 6.45) is 3.59. The predicted molar refractivity (Wildman–Crippen MR) is 98.4 cm³/mol. The highest BCUT2D eigenvalue weighted by molar-refractivity contribution is 5.85. The molecule has 1 aromatic heterocycles. The van der Waals surface area contributed by atoms with Gasteiger partial charge in [0.25, 0.3) is 0 Å². The quantitative estimate of drug-likeness (QED) is 0.882. The van der Waals surface area contributed by atoms with Gasteiger partial charge in [0, 0.05) is 31.7 Å². The van der Waals surface area contributed by atoms with Crippen LogP contribution in [0.4, 0.5) is 11.4 Å². The van der Waals surface area contributed by atoms with Crippen LogP contribution < -0.4 is 20.7 Å². The fourth-order valence-electron chi connectivity index (χ4n) is 2.28. The van der Waals surface area contributed by atoms with E-state index < -0.39 is 0 Å². The summed E-state index contributed by atoms with van der Waals surface area (Å²) in [5, 5.41) is 3.17. The second kappa shape index (κ2) is 7.94. The number of hydrogen-bond acceptors (Lipinski definition) is 5.